The molecule has 2 aromatic rings. The Morgan fingerprint density at radius 2 is 1.97 bits per heavy atom. The van der Waals surface area contributed by atoms with Crippen molar-refractivity contribution in [1.29, 1.82) is 0 Å². The summed E-state index contributed by atoms with van der Waals surface area (Å²) in [6.45, 7) is 2.02. The van der Waals surface area contributed by atoms with E-state index in [2.05, 4.69) is 21.4 Å². The first-order valence-electron chi connectivity index (χ1n) is 11.2. The van der Waals surface area contributed by atoms with Gasteiger partial charge in [-0.25, -0.2) is 4.98 Å². The topological polar surface area (TPSA) is 84.4 Å². The molecule has 31 heavy (non-hydrogen) atoms. The number of hydrogen-bond acceptors (Lipinski definition) is 5. The SMILES string of the molecule is O=C(C[C@H]1CC2(CCN(C(=O)c3cnccn3)CC2)Oc2ccccc21)NCC1CC1. The number of carbonyl (C=O) groups excluding carboxylic acids is 2. The van der Waals surface area contributed by atoms with E-state index in [-0.39, 0.29) is 23.3 Å². The highest BCUT2D eigenvalue weighted by molar-refractivity contribution is 5.92. The van der Waals surface area contributed by atoms with Crippen molar-refractivity contribution < 1.29 is 14.3 Å². The summed E-state index contributed by atoms with van der Waals surface area (Å²) in [4.78, 5) is 35.3. The molecule has 1 N–H and O–H groups in total. The van der Waals surface area contributed by atoms with Crippen LogP contribution in [0.2, 0.25) is 0 Å². The quantitative estimate of drug-likeness (QED) is 0.804. The van der Waals surface area contributed by atoms with Crippen LogP contribution in [0.25, 0.3) is 0 Å². The van der Waals surface area contributed by atoms with E-state index in [1.165, 1.54) is 19.0 Å². The molecular weight excluding hydrogens is 392 g/mol. The van der Waals surface area contributed by atoms with E-state index in [1.54, 1.807) is 12.4 Å². The van der Waals surface area contributed by atoms with E-state index in [1.807, 2.05) is 23.1 Å². The third kappa shape index (κ3) is 4.40. The summed E-state index contributed by atoms with van der Waals surface area (Å²) in [6.07, 6.45) is 9.85. The number of para-hydroxylation sites is 1. The molecule has 1 aromatic heterocycles. The first-order chi connectivity index (χ1) is 15.1. The van der Waals surface area contributed by atoms with E-state index in [4.69, 9.17) is 4.74 Å². The lowest BCUT2D eigenvalue weighted by Crippen LogP contribution is -2.52. The van der Waals surface area contributed by atoms with Crippen LogP contribution in [0.15, 0.2) is 42.9 Å². The fraction of sp³-hybridized carbons (Fsp3) is 0.500. The lowest BCUT2D eigenvalue weighted by atomic mass is 9.76. The lowest BCUT2D eigenvalue weighted by Gasteiger charge is -2.46. The second kappa shape index (κ2) is 8.29. The maximum atomic E-state index is 12.7. The van der Waals surface area contributed by atoms with E-state index >= 15 is 0 Å². The summed E-state index contributed by atoms with van der Waals surface area (Å²) in [6, 6.07) is 8.07. The van der Waals surface area contributed by atoms with Gasteiger partial charge in [-0.3, -0.25) is 14.6 Å². The number of nitrogens with one attached hydrogen (secondary N) is 1. The molecule has 2 amide bonds. The predicted octanol–water partition coefficient (Wildman–Crippen LogP) is 2.93. The standard InChI is InChI=1S/C24H28N4O3/c29-22(27-15-17-5-6-17)13-18-14-24(31-21-4-2-1-3-19(18)21)7-11-28(12-8-24)23(30)20-16-25-9-10-26-20/h1-4,9-10,16-18H,5-8,11-15H2,(H,27,29)/t18-/m0/s1. The molecule has 1 saturated carbocycles. The average Bonchev–Trinajstić information content (AvgIpc) is 3.63. The molecule has 0 unspecified atom stereocenters. The number of hydrogen-bond donors (Lipinski definition) is 1. The highest BCUT2D eigenvalue weighted by Gasteiger charge is 2.44. The van der Waals surface area contributed by atoms with Crippen LogP contribution in [0.3, 0.4) is 0 Å². The minimum Gasteiger partial charge on any atom is -0.487 e. The van der Waals surface area contributed by atoms with Crippen molar-refractivity contribution in [1.82, 2.24) is 20.2 Å². The zero-order chi connectivity index (χ0) is 21.3. The Balaban J connectivity index is 1.27. The maximum absolute atomic E-state index is 12.7. The second-order valence-electron chi connectivity index (χ2n) is 9.06. The van der Waals surface area contributed by atoms with E-state index in [9.17, 15) is 9.59 Å². The fourth-order valence-corrected chi connectivity index (χ4v) is 4.80. The van der Waals surface area contributed by atoms with Gasteiger partial charge in [-0.15, -0.1) is 0 Å². The van der Waals surface area contributed by atoms with Gasteiger partial charge in [0, 0.05) is 57.2 Å². The van der Waals surface area contributed by atoms with Crippen LogP contribution in [0.1, 0.15) is 60.5 Å². The molecule has 3 aliphatic rings. The molecule has 162 valence electrons. The molecule has 2 fully saturated rings. The molecule has 0 bridgehead atoms. The zero-order valence-corrected chi connectivity index (χ0v) is 17.6. The molecule has 0 radical (unpaired) electrons. The summed E-state index contributed by atoms with van der Waals surface area (Å²) in [5.74, 6) is 1.72. The smallest absolute Gasteiger partial charge is 0.274 e. The number of aromatic nitrogens is 2. The van der Waals surface area contributed by atoms with Gasteiger partial charge < -0.3 is 15.0 Å². The number of likely N-dealkylation sites (tertiary alicyclic amines) is 1. The lowest BCUT2D eigenvalue weighted by molar-refractivity contribution is -0.122. The highest BCUT2D eigenvalue weighted by Crippen LogP contribution is 2.46. The molecular formula is C24H28N4O3. The highest BCUT2D eigenvalue weighted by atomic mass is 16.5. The van der Waals surface area contributed by atoms with Gasteiger partial charge in [-0.1, -0.05) is 18.2 Å². The number of rotatable bonds is 5. The molecule has 1 saturated heterocycles. The van der Waals surface area contributed by atoms with Crippen molar-refractivity contribution in [2.75, 3.05) is 19.6 Å². The van der Waals surface area contributed by atoms with Gasteiger partial charge in [0.15, 0.2) is 0 Å². The number of piperidine rings is 1. The van der Waals surface area contributed by atoms with Crippen molar-refractivity contribution in [3.8, 4) is 5.75 Å². The summed E-state index contributed by atoms with van der Waals surface area (Å²) in [5.41, 5.74) is 1.15. The molecule has 1 aromatic carbocycles. The largest absolute Gasteiger partial charge is 0.487 e. The predicted molar refractivity (Wildman–Crippen MR) is 115 cm³/mol. The first-order valence-corrected chi connectivity index (χ1v) is 11.2. The van der Waals surface area contributed by atoms with Gasteiger partial charge in [-0.2, -0.15) is 0 Å². The van der Waals surface area contributed by atoms with Crippen LogP contribution >= 0.6 is 0 Å². The molecule has 1 aliphatic carbocycles. The van der Waals surface area contributed by atoms with Crippen molar-refractivity contribution in [2.24, 2.45) is 5.92 Å². The van der Waals surface area contributed by atoms with Crippen LogP contribution in [-0.2, 0) is 4.79 Å². The normalized spacial score (nSPS) is 21.8. The Morgan fingerprint density at radius 3 is 2.71 bits per heavy atom. The Bertz CT molecular complexity index is 952. The number of benzene rings is 1. The minimum atomic E-state index is -0.338. The summed E-state index contributed by atoms with van der Waals surface area (Å²) >= 11 is 0. The monoisotopic (exact) mass is 420 g/mol. The van der Waals surface area contributed by atoms with Crippen molar-refractivity contribution >= 4 is 11.8 Å². The molecule has 2 aliphatic heterocycles. The van der Waals surface area contributed by atoms with Gasteiger partial charge in [0.25, 0.3) is 5.91 Å². The molecule has 7 heteroatoms. The van der Waals surface area contributed by atoms with E-state index in [0.717, 1.165) is 37.1 Å². The number of nitrogens with zero attached hydrogens (tertiary/aromatic N) is 3. The van der Waals surface area contributed by atoms with Crippen molar-refractivity contribution in [2.45, 2.75) is 50.0 Å². The summed E-state index contributed by atoms with van der Waals surface area (Å²) in [7, 11) is 0. The Hall–Kier alpha value is -2.96. The molecule has 7 nitrogen and oxygen atoms in total. The number of amides is 2. The Kier molecular flexibility index (Phi) is 5.34. The molecule has 5 rings (SSSR count). The third-order valence-corrected chi connectivity index (χ3v) is 6.76. The number of fused-ring (bicyclic) bond motifs is 1. The van der Waals surface area contributed by atoms with Gasteiger partial charge in [-0.05, 0) is 36.8 Å². The van der Waals surface area contributed by atoms with Crippen LogP contribution in [0.4, 0.5) is 0 Å². The van der Waals surface area contributed by atoms with Gasteiger partial charge >= 0.3 is 0 Å². The van der Waals surface area contributed by atoms with Crippen LogP contribution < -0.4 is 10.1 Å². The maximum Gasteiger partial charge on any atom is 0.274 e. The number of ether oxygens (including phenoxy) is 1. The minimum absolute atomic E-state index is 0.0878. The first kappa shape index (κ1) is 20.0. The Labute approximate surface area is 182 Å². The van der Waals surface area contributed by atoms with E-state index in [0.29, 0.717) is 31.1 Å². The molecule has 1 atom stereocenters. The van der Waals surface area contributed by atoms with Crippen LogP contribution in [0, 0.1) is 5.92 Å². The number of carbonyl (C=O) groups is 2. The molecule has 3 heterocycles. The summed E-state index contributed by atoms with van der Waals surface area (Å²) in [5, 5.41) is 3.11. The zero-order valence-electron chi connectivity index (χ0n) is 17.6. The van der Waals surface area contributed by atoms with Crippen molar-refractivity contribution in [3.05, 3.63) is 54.1 Å². The van der Waals surface area contributed by atoms with Crippen LogP contribution in [0.5, 0.6) is 5.75 Å². The summed E-state index contributed by atoms with van der Waals surface area (Å²) < 4.78 is 6.52. The second-order valence-corrected chi connectivity index (χ2v) is 9.06. The fourth-order valence-electron chi connectivity index (χ4n) is 4.80. The average molecular weight is 421 g/mol. The van der Waals surface area contributed by atoms with Crippen LogP contribution in [-0.4, -0.2) is 51.9 Å². The van der Waals surface area contributed by atoms with E-state index < -0.39 is 0 Å². The van der Waals surface area contributed by atoms with Gasteiger partial charge in [0.05, 0.1) is 6.20 Å². The van der Waals surface area contributed by atoms with Crippen molar-refractivity contribution in [3.63, 3.8) is 0 Å². The van der Waals surface area contributed by atoms with Gasteiger partial charge in [0.1, 0.15) is 17.0 Å². The third-order valence-electron chi connectivity index (χ3n) is 6.76. The Morgan fingerprint density at radius 1 is 1.16 bits per heavy atom. The van der Waals surface area contributed by atoms with Gasteiger partial charge in [0.2, 0.25) is 5.91 Å². The molecule has 1 spiro atoms.